The van der Waals surface area contributed by atoms with E-state index in [1.807, 2.05) is 44.2 Å². The van der Waals surface area contributed by atoms with Gasteiger partial charge in [-0.2, -0.15) is 0 Å². The lowest BCUT2D eigenvalue weighted by atomic mass is 9.93. The van der Waals surface area contributed by atoms with Gasteiger partial charge in [-0.3, -0.25) is 19.1 Å². The highest BCUT2D eigenvalue weighted by Crippen LogP contribution is 2.47. The molecule has 1 aliphatic heterocycles. The van der Waals surface area contributed by atoms with Crippen molar-refractivity contribution >= 4 is 34.9 Å². The van der Waals surface area contributed by atoms with E-state index in [1.54, 1.807) is 39.8 Å². The molecule has 29 heavy (non-hydrogen) atoms. The fraction of sp³-hybridized carbons (Fsp3) is 0.217. The van der Waals surface area contributed by atoms with Crippen LogP contribution in [0.15, 0.2) is 71.5 Å². The van der Waals surface area contributed by atoms with Crippen molar-refractivity contribution in [3.8, 4) is 0 Å². The standard InChI is InChI=1S/C23H20Cl2N2O2/c1-14(2)23(29)27-19-4-3-5-20(28)26(19)21(15-6-10-17(24)11-7-15)22(27)16-8-12-18(25)13-9-16/h3-14,21-22H,1-2H3/t21-,22+/m0/s1. The van der Waals surface area contributed by atoms with Crippen LogP contribution in [0.1, 0.15) is 37.1 Å². The predicted molar refractivity (Wildman–Crippen MR) is 117 cm³/mol. The monoisotopic (exact) mass is 426 g/mol. The SMILES string of the molecule is CC(C)C(=O)N1c2cccc(=O)n2[C@@H](c2ccc(Cl)cc2)[C@H]1c1ccc(Cl)cc1. The van der Waals surface area contributed by atoms with Crippen LogP contribution in [0.4, 0.5) is 5.82 Å². The number of rotatable bonds is 3. The lowest BCUT2D eigenvalue weighted by Gasteiger charge is -2.29. The molecule has 4 nitrogen and oxygen atoms in total. The fourth-order valence-corrected chi connectivity index (χ4v) is 4.15. The number of halogens is 2. The van der Waals surface area contributed by atoms with Gasteiger partial charge in [0, 0.05) is 22.0 Å². The van der Waals surface area contributed by atoms with Crippen LogP contribution in [0.3, 0.4) is 0 Å². The van der Waals surface area contributed by atoms with Gasteiger partial charge in [0.2, 0.25) is 5.91 Å². The molecule has 1 aliphatic rings. The average molecular weight is 427 g/mol. The van der Waals surface area contributed by atoms with Crippen molar-refractivity contribution in [1.82, 2.24) is 4.57 Å². The highest BCUT2D eigenvalue weighted by Gasteiger charge is 2.44. The number of anilines is 1. The van der Waals surface area contributed by atoms with Crippen molar-refractivity contribution in [2.45, 2.75) is 25.9 Å². The maximum Gasteiger partial charge on any atom is 0.252 e. The smallest absolute Gasteiger partial charge is 0.252 e. The molecule has 2 aromatic carbocycles. The van der Waals surface area contributed by atoms with Gasteiger partial charge in [-0.05, 0) is 41.5 Å². The van der Waals surface area contributed by atoms with Crippen molar-refractivity contribution in [2.75, 3.05) is 4.90 Å². The van der Waals surface area contributed by atoms with Crippen molar-refractivity contribution in [2.24, 2.45) is 5.92 Å². The second-order valence-electron chi connectivity index (χ2n) is 7.45. The minimum absolute atomic E-state index is 0.0410. The number of amides is 1. The molecule has 0 N–H and O–H groups in total. The molecular formula is C23H20Cl2N2O2. The zero-order chi connectivity index (χ0) is 20.7. The van der Waals surface area contributed by atoms with E-state index in [4.69, 9.17) is 23.2 Å². The summed E-state index contributed by atoms with van der Waals surface area (Å²) in [7, 11) is 0. The Morgan fingerprint density at radius 3 is 1.86 bits per heavy atom. The molecule has 0 saturated carbocycles. The first-order valence-corrected chi connectivity index (χ1v) is 10.2. The van der Waals surface area contributed by atoms with Crippen LogP contribution in [-0.2, 0) is 4.79 Å². The fourth-order valence-electron chi connectivity index (χ4n) is 3.90. The molecule has 3 aromatic rings. The topological polar surface area (TPSA) is 42.3 Å². The summed E-state index contributed by atoms with van der Waals surface area (Å²) in [5.74, 6) is 0.328. The van der Waals surface area contributed by atoms with E-state index < -0.39 is 0 Å². The Hall–Kier alpha value is -2.56. The molecule has 0 saturated heterocycles. The number of nitrogens with zero attached hydrogens (tertiary/aromatic N) is 2. The third kappa shape index (κ3) is 3.47. The minimum atomic E-state index is -0.376. The molecule has 0 spiro atoms. The number of pyridine rings is 1. The van der Waals surface area contributed by atoms with Crippen LogP contribution < -0.4 is 10.5 Å². The van der Waals surface area contributed by atoms with Gasteiger partial charge >= 0.3 is 0 Å². The maximum absolute atomic E-state index is 13.3. The summed E-state index contributed by atoms with van der Waals surface area (Å²) in [6, 6.07) is 19.1. The van der Waals surface area contributed by atoms with E-state index in [0.29, 0.717) is 15.9 Å². The highest BCUT2D eigenvalue weighted by atomic mass is 35.5. The number of benzene rings is 2. The number of carbonyl (C=O) groups excluding carboxylic acids is 1. The molecular weight excluding hydrogens is 407 g/mol. The van der Waals surface area contributed by atoms with Gasteiger partial charge in [0.25, 0.3) is 5.56 Å². The van der Waals surface area contributed by atoms with Gasteiger partial charge in [-0.25, -0.2) is 0 Å². The Labute approximate surface area is 179 Å². The first-order valence-electron chi connectivity index (χ1n) is 9.44. The van der Waals surface area contributed by atoms with E-state index in [9.17, 15) is 9.59 Å². The zero-order valence-corrected chi connectivity index (χ0v) is 17.6. The quantitative estimate of drug-likeness (QED) is 0.555. The van der Waals surface area contributed by atoms with E-state index in [2.05, 4.69) is 0 Å². The lowest BCUT2D eigenvalue weighted by molar-refractivity contribution is -0.121. The van der Waals surface area contributed by atoms with E-state index in [0.717, 1.165) is 11.1 Å². The van der Waals surface area contributed by atoms with Crippen molar-refractivity contribution < 1.29 is 4.79 Å². The van der Waals surface area contributed by atoms with E-state index in [-0.39, 0.29) is 29.5 Å². The summed E-state index contributed by atoms with van der Waals surface area (Å²) in [5, 5.41) is 1.23. The summed E-state index contributed by atoms with van der Waals surface area (Å²) in [4.78, 5) is 27.9. The lowest BCUT2D eigenvalue weighted by Crippen LogP contribution is -2.36. The van der Waals surface area contributed by atoms with Gasteiger partial charge in [0.1, 0.15) is 5.82 Å². The first kappa shape index (κ1) is 19.7. The van der Waals surface area contributed by atoms with E-state index in [1.165, 1.54) is 6.07 Å². The van der Waals surface area contributed by atoms with Gasteiger partial charge in [-0.15, -0.1) is 0 Å². The second kappa shape index (κ2) is 7.69. The molecule has 2 atom stereocenters. The van der Waals surface area contributed by atoms with Crippen LogP contribution in [-0.4, -0.2) is 10.5 Å². The van der Waals surface area contributed by atoms with Gasteiger partial charge in [0.15, 0.2) is 0 Å². The predicted octanol–water partition coefficient (Wildman–Crippen LogP) is 5.49. The maximum atomic E-state index is 13.3. The molecule has 2 heterocycles. The summed E-state index contributed by atoms with van der Waals surface area (Å²) in [5.41, 5.74) is 1.66. The Morgan fingerprint density at radius 2 is 1.34 bits per heavy atom. The van der Waals surface area contributed by atoms with Crippen molar-refractivity contribution in [3.63, 3.8) is 0 Å². The van der Waals surface area contributed by atoms with Gasteiger partial charge in [-0.1, -0.05) is 67.4 Å². The number of carbonyl (C=O) groups is 1. The number of aromatic nitrogens is 1. The molecule has 4 rings (SSSR count). The van der Waals surface area contributed by atoms with Crippen LogP contribution in [0, 0.1) is 5.92 Å². The van der Waals surface area contributed by atoms with Crippen LogP contribution >= 0.6 is 23.2 Å². The third-order valence-electron chi connectivity index (χ3n) is 5.22. The number of hydrogen-bond donors (Lipinski definition) is 0. The number of fused-ring (bicyclic) bond motifs is 1. The van der Waals surface area contributed by atoms with Crippen molar-refractivity contribution in [1.29, 1.82) is 0 Å². The normalized spacial score (nSPS) is 18.2. The molecule has 1 amide bonds. The van der Waals surface area contributed by atoms with Gasteiger partial charge in [0.05, 0.1) is 12.1 Å². The molecule has 0 aliphatic carbocycles. The third-order valence-corrected chi connectivity index (χ3v) is 5.73. The largest absolute Gasteiger partial charge is 0.288 e. The molecule has 0 unspecified atom stereocenters. The highest BCUT2D eigenvalue weighted by molar-refractivity contribution is 6.30. The summed E-state index contributed by atoms with van der Waals surface area (Å²) < 4.78 is 1.70. The van der Waals surface area contributed by atoms with E-state index >= 15 is 0 Å². The Kier molecular flexibility index (Phi) is 5.24. The van der Waals surface area contributed by atoms with Crippen molar-refractivity contribution in [3.05, 3.63) is 98.3 Å². The van der Waals surface area contributed by atoms with Crippen LogP contribution in [0.2, 0.25) is 10.0 Å². The van der Waals surface area contributed by atoms with Crippen LogP contribution in [0.25, 0.3) is 0 Å². The van der Waals surface area contributed by atoms with Crippen LogP contribution in [0.5, 0.6) is 0 Å². The second-order valence-corrected chi connectivity index (χ2v) is 8.32. The Bertz CT molecular complexity index is 1100. The molecule has 6 heteroatoms. The summed E-state index contributed by atoms with van der Waals surface area (Å²) in [6.07, 6.45) is 0. The zero-order valence-electron chi connectivity index (χ0n) is 16.0. The Morgan fingerprint density at radius 1 is 0.828 bits per heavy atom. The molecule has 148 valence electrons. The van der Waals surface area contributed by atoms with Gasteiger partial charge < -0.3 is 0 Å². The Balaban J connectivity index is 1.99. The average Bonchev–Trinajstić information content (AvgIpc) is 3.05. The first-order chi connectivity index (χ1) is 13.9. The molecule has 1 aromatic heterocycles. The molecule has 0 radical (unpaired) electrons. The number of hydrogen-bond acceptors (Lipinski definition) is 2. The minimum Gasteiger partial charge on any atom is -0.288 e. The summed E-state index contributed by atoms with van der Waals surface area (Å²) >= 11 is 12.2. The summed E-state index contributed by atoms with van der Waals surface area (Å²) in [6.45, 7) is 3.73. The molecule has 0 fully saturated rings. The molecule has 0 bridgehead atoms.